The van der Waals surface area contributed by atoms with Crippen molar-refractivity contribution in [3.63, 3.8) is 0 Å². The van der Waals surface area contributed by atoms with Crippen LogP contribution in [0, 0.1) is 0 Å². The second kappa shape index (κ2) is 6.65. The van der Waals surface area contributed by atoms with E-state index < -0.39 is 11.4 Å². The van der Waals surface area contributed by atoms with Gasteiger partial charge in [-0.25, -0.2) is 0 Å². The van der Waals surface area contributed by atoms with Crippen LogP contribution < -0.4 is 4.74 Å². The fraction of sp³-hybridized carbons (Fsp3) is 0.316. The van der Waals surface area contributed by atoms with E-state index in [2.05, 4.69) is 6.92 Å². The van der Waals surface area contributed by atoms with Crippen LogP contribution in [-0.2, 0) is 23.1 Å². The molecule has 2 rings (SSSR count). The standard InChI is InChI=1S/C19H22O3/c1-4-14-10-11-17(22-3)15(12-14)13-19(2,18(20)21)16-8-6-5-7-9-16/h5-12H,4,13H2,1-3H3,(H,20,21). The molecule has 0 aliphatic rings. The summed E-state index contributed by atoms with van der Waals surface area (Å²) in [4.78, 5) is 11.9. The van der Waals surface area contributed by atoms with Crippen molar-refractivity contribution in [1.29, 1.82) is 0 Å². The summed E-state index contributed by atoms with van der Waals surface area (Å²) in [6.45, 7) is 3.85. The molecule has 116 valence electrons. The van der Waals surface area contributed by atoms with E-state index in [9.17, 15) is 9.90 Å². The molecule has 1 unspecified atom stereocenters. The van der Waals surface area contributed by atoms with Crippen molar-refractivity contribution in [2.75, 3.05) is 7.11 Å². The third-order valence-corrected chi connectivity index (χ3v) is 4.18. The molecule has 1 N–H and O–H groups in total. The minimum atomic E-state index is -0.985. The minimum absolute atomic E-state index is 0.392. The quantitative estimate of drug-likeness (QED) is 0.881. The number of carboxylic acid groups (broad SMARTS) is 1. The van der Waals surface area contributed by atoms with Crippen molar-refractivity contribution < 1.29 is 14.6 Å². The van der Waals surface area contributed by atoms with Crippen molar-refractivity contribution in [1.82, 2.24) is 0 Å². The molecular formula is C19H22O3. The van der Waals surface area contributed by atoms with Gasteiger partial charge in [0.05, 0.1) is 12.5 Å². The van der Waals surface area contributed by atoms with Gasteiger partial charge in [-0.15, -0.1) is 0 Å². The second-order valence-electron chi connectivity index (χ2n) is 5.68. The van der Waals surface area contributed by atoms with Gasteiger partial charge in [-0.2, -0.15) is 0 Å². The average Bonchev–Trinajstić information content (AvgIpc) is 2.55. The van der Waals surface area contributed by atoms with E-state index in [1.807, 2.05) is 48.5 Å². The van der Waals surface area contributed by atoms with Gasteiger partial charge in [0.25, 0.3) is 0 Å². The third kappa shape index (κ3) is 3.14. The number of aliphatic carboxylic acids is 1. The molecule has 22 heavy (non-hydrogen) atoms. The van der Waals surface area contributed by atoms with Crippen LogP contribution >= 0.6 is 0 Å². The number of aryl methyl sites for hydroxylation is 1. The molecule has 0 saturated heterocycles. The zero-order valence-corrected chi connectivity index (χ0v) is 13.3. The van der Waals surface area contributed by atoms with Gasteiger partial charge in [-0.1, -0.05) is 49.4 Å². The van der Waals surface area contributed by atoms with E-state index in [-0.39, 0.29) is 0 Å². The molecule has 3 nitrogen and oxygen atoms in total. The maximum atomic E-state index is 11.9. The molecule has 2 aromatic carbocycles. The van der Waals surface area contributed by atoms with Crippen molar-refractivity contribution in [2.24, 2.45) is 0 Å². The molecule has 0 fully saturated rings. The van der Waals surface area contributed by atoms with Gasteiger partial charge in [-0.3, -0.25) is 4.79 Å². The maximum absolute atomic E-state index is 11.9. The van der Waals surface area contributed by atoms with Gasteiger partial charge in [0.1, 0.15) is 5.75 Å². The fourth-order valence-corrected chi connectivity index (χ4v) is 2.68. The van der Waals surface area contributed by atoms with Gasteiger partial charge in [0.2, 0.25) is 0 Å². The van der Waals surface area contributed by atoms with Crippen LogP contribution in [0.25, 0.3) is 0 Å². The normalized spacial score (nSPS) is 13.4. The summed E-state index contributed by atoms with van der Waals surface area (Å²) in [5, 5.41) is 9.80. The van der Waals surface area contributed by atoms with Crippen molar-refractivity contribution in [2.45, 2.75) is 32.1 Å². The summed E-state index contributed by atoms with van der Waals surface area (Å²) in [6, 6.07) is 15.3. The molecule has 0 heterocycles. The van der Waals surface area contributed by atoms with E-state index >= 15 is 0 Å². The molecule has 0 aromatic heterocycles. The summed E-state index contributed by atoms with van der Waals surface area (Å²) < 4.78 is 5.41. The van der Waals surface area contributed by atoms with Crippen LogP contribution in [-0.4, -0.2) is 18.2 Å². The van der Waals surface area contributed by atoms with Gasteiger partial charge < -0.3 is 9.84 Å². The number of ether oxygens (including phenoxy) is 1. The Labute approximate surface area is 131 Å². The highest BCUT2D eigenvalue weighted by Gasteiger charge is 2.36. The van der Waals surface area contributed by atoms with E-state index in [4.69, 9.17) is 4.74 Å². The molecule has 0 saturated carbocycles. The first kappa shape index (κ1) is 16.1. The highest BCUT2D eigenvalue weighted by molar-refractivity contribution is 5.81. The van der Waals surface area contributed by atoms with Crippen LogP contribution in [0.3, 0.4) is 0 Å². The van der Waals surface area contributed by atoms with E-state index in [0.717, 1.165) is 23.3 Å². The Morgan fingerprint density at radius 3 is 2.41 bits per heavy atom. The largest absolute Gasteiger partial charge is 0.496 e. The predicted octanol–water partition coefficient (Wildman–Crippen LogP) is 3.84. The van der Waals surface area contributed by atoms with E-state index in [1.54, 1.807) is 14.0 Å². The van der Waals surface area contributed by atoms with Gasteiger partial charge in [0, 0.05) is 0 Å². The Kier molecular flexibility index (Phi) is 4.86. The molecule has 0 bridgehead atoms. The number of hydrogen-bond acceptors (Lipinski definition) is 2. The van der Waals surface area contributed by atoms with Crippen LogP contribution in [0.15, 0.2) is 48.5 Å². The zero-order chi connectivity index (χ0) is 16.2. The van der Waals surface area contributed by atoms with Gasteiger partial charge >= 0.3 is 5.97 Å². The number of methoxy groups -OCH3 is 1. The van der Waals surface area contributed by atoms with Crippen LogP contribution in [0.2, 0.25) is 0 Å². The molecule has 1 atom stereocenters. The first-order chi connectivity index (χ1) is 10.5. The molecule has 0 aliphatic heterocycles. The number of hydrogen-bond donors (Lipinski definition) is 1. The smallest absolute Gasteiger partial charge is 0.314 e. The number of benzene rings is 2. The Bertz CT molecular complexity index is 649. The average molecular weight is 298 g/mol. The fourth-order valence-electron chi connectivity index (χ4n) is 2.68. The topological polar surface area (TPSA) is 46.5 Å². The van der Waals surface area contributed by atoms with E-state index in [0.29, 0.717) is 6.42 Å². The maximum Gasteiger partial charge on any atom is 0.314 e. The first-order valence-corrected chi connectivity index (χ1v) is 7.46. The summed E-state index contributed by atoms with van der Waals surface area (Å²) in [7, 11) is 1.62. The molecule has 0 amide bonds. The zero-order valence-electron chi connectivity index (χ0n) is 13.3. The minimum Gasteiger partial charge on any atom is -0.496 e. The highest BCUT2D eigenvalue weighted by atomic mass is 16.5. The first-order valence-electron chi connectivity index (χ1n) is 7.46. The molecule has 0 radical (unpaired) electrons. The Morgan fingerprint density at radius 1 is 1.18 bits per heavy atom. The Balaban J connectivity index is 2.47. The predicted molar refractivity (Wildman–Crippen MR) is 87.5 cm³/mol. The highest BCUT2D eigenvalue weighted by Crippen LogP contribution is 2.32. The lowest BCUT2D eigenvalue weighted by Crippen LogP contribution is -2.35. The number of carbonyl (C=O) groups is 1. The van der Waals surface area contributed by atoms with Gasteiger partial charge in [0.15, 0.2) is 0 Å². The van der Waals surface area contributed by atoms with Crippen molar-refractivity contribution in [3.05, 3.63) is 65.2 Å². The summed E-state index contributed by atoms with van der Waals surface area (Å²) in [5.74, 6) is -0.0942. The number of rotatable bonds is 6. The monoisotopic (exact) mass is 298 g/mol. The molecule has 3 heteroatoms. The van der Waals surface area contributed by atoms with Crippen molar-refractivity contribution in [3.8, 4) is 5.75 Å². The Hall–Kier alpha value is -2.29. The SMILES string of the molecule is CCc1ccc(OC)c(CC(C)(C(=O)O)c2ccccc2)c1. The third-order valence-electron chi connectivity index (χ3n) is 4.18. The summed E-state index contributed by atoms with van der Waals surface area (Å²) in [6.07, 6.45) is 1.30. The number of carboxylic acids is 1. The lowest BCUT2D eigenvalue weighted by atomic mass is 9.77. The molecule has 0 spiro atoms. The Morgan fingerprint density at radius 2 is 1.86 bits per heavy atom. The summed E-state index contributed by atoms with van der Waals surface area (Å²) >= 11 is 0. The van der Waals surface area contributed by atoms with Crippen molar-refractivity contribution >= 4 is 5.97 Å². The lowest BCUT2D eigenvalue weighted by Gasteiger charge is -2.26. The van der Waals surface area contributed by atoms with Crippen LogP contribution in [0.1, 0.15) is 30.5 Å². The second-order valence-corrected chi connectivity index (χ2v) is 5.68. The molecular weight excluding hydrogens is 276 g/mol. The van der Waals surface area contributed by atoms with Gasteiger partial charge in [-0.05, 0) is 42.5 Å². The van der Waals surface area contributed by atoms with Crippen LogP contribution in [0.5, 0.6) is 5.75 Å². The molecule has 2 aromatic rings. The lowest BCUT2D eigenvalue weighted by molar-refractivity contribution is -0.143. The van der Waals surface area contributed by atoms with E-state index in [1.165, 1.54) is 5.56 Å². The summed E-state index contributed by atoms with van der Waals surface area (Å²) in [5.41, 5.74) is 1.92. The molecule has 0 aliphatic carbocycles. The van der Waals surface area contributed by atoms with Crippen LogP contribution in [0.4, 0.5) is 0 Å².